The molecular weight excluding hydrogens is 279 g/mol. The van der Waals surface area contributed by atoms with Crippen molar-refractivity contribution < 1.29 is 9.13 Å². The molecule has 4 heteroatoms. The SMILES string of the molecule is Cc1ccc(C2OCCCC2CNc2cccc(F)n2)cc1. The van der Waals surface area contributed by atoms with Gasteiger partial charge in [-0.05, 0) is 37.5 Å². The number of aryl methyl sites for hydroxylation is 1. The van der Waals surface area contributed by atoms with E-state index >= 15 is 0 Å². The second-order valence-electron chi connectivity index (χ2n) is 5.83. The largest absolute Gasteiger partial charge is 0.373 e. The Morgan fingerprint density at radius 2 is 2.05 bits per heavy atom. The number of nitrogens with one attached hydrogen (secondary N) is 1. The summed E-state index contributed by atoms with van der Waals surface area (Å²) in [4.78, 5) is 3.85. The molecule has 0 aliphatic carbocycles. The van der Waals surface area contributed by atoms with Crippen LogP contribution in [0.2, 0.25) is 0 Å². The lowest BCUT2D eigenvalue weighted by molar-refractivity contribution is -0.0238. The monoisotopic (exact) mass is 300 g/mol. The summed E-state index contributed by atoms with van der Waals surface area (Å²) in [6, 6.07) is 13.3. The van der Waals surface area contributed by atoms with Gasteiger partial charge >= 0.3 is 0 Å². The van der Waals surface area contributed by atoms with Crippen molar-refractivity contribution in [1.82, 2.24) is 4.98 Å². The van der Waals surface area contributed by atoms with Crippen molar-refractivity contribution in [2.24, 2.45) is 5.92 Å². The lowest BCUT2D eigenvalue weighted by atomic mass is 9.89. The third-order valence-electron chi connectivity index (χ3n) is 4.11. The van der Waals surface area contributed by atoms with Crippen LogP contribution in [-0.4, -0.2) is 18.1 Å². The molecule has 0 saturated carbocycles. The van der Waals surface area contributed by atoms with Crippen molar-refractivity contribution in [3.63, 3.8) is 0 Å². The van der Waals surface area contributed by atoms with Crippen LogP contribution < -0.4 is 5.32 Å². The highest BCUT2D eigenvalue weighted by Gasteiger charge is 2.27. The molecule has 116 valence electrons. The molecule has 0 spiro atoms. The van der Waals surface area contributed by atoms with Crippen molar-refractivity contribution in [2.45, 2.75) is 25.9 Å². The zero-order valence-electron chi connectivity index (χ0n) is 12.8. The van der Waals surface area contributed by atoms with Crippen LogP contribution >= 0.6 is 0 Å². The van der Waals surface area contributed by atoms with E-state index in [1.807, 2.05) is 0 Å². The van der Waals surface area contributed by atoms with E-state index in [1.54, 1.807) is 12.1 Å². The lowest BCUT2D eigenvalue weighted by Crippen LogP contribution is -2.28. The highest BCUT2D eigenvalue weighted by Crippen LogP contribution is 2.33. The van der Waals surface area contributed by atoms with Crippen molar-refractivity contribution >= 4 is 5.82 Å². The maximum atomic E-state index is 13.1. The Morgan fingerprint density at radius 3 is 2.82 bits per heavy atom. The maximum absolute atomic E-state index is 13.1. The number of benzene rings is 1. The first-order valence-corrected chi connectivity index (χ1v) is 7.77. The van der Waals surface area contributed by atoms with Crippen LogP contribution in [-0.2, 0) is 4.74 Å². The van der Waals surface area contributed by atoms with Gasteiger partial charge < -0.3 is 10.1 Å². The van der Waals surface area contributed by atoms with Crippen LogP contribution in [0.15, 0.2) is 42.5 Å². The highest BCUT2D eigenvalue weighted by molar-refractivity contribution is 5.34. The van der Waals surface area contributed by atoms with Crippen LogP contribution in [0.25, 0.3) is 0 Å². The van der Waals surface area contributed by atoms with Gasteiger partial charge in [-0.2, -0.15) is 4.39 Å². The Kier molecular flexibility index (Phi) is 4.68. The summed E-state index contributed by atoms with van der Waals surface area (Å²) in [5, 5.41) is 3.24. The topological polar surface area (TPSA) is 34.1 Å². The van der Waals surface area contributed by atoms with Gasteiger partial charge in [-0.1, -0.05) is 35.9 Å². The average Bonchev–Trinajstić information content (AvgIpc) is 2.54. The number of hydrogen-bond donors (Lipinski definition) is 1. The fourth-order valence-electron chi connectivity index (χ4n) is 2.92. The van der Waals surface area contributed by atoms with Gasteiger partial charge in [-0.25, -0.2) is 4.98 Å². The normalized spacial score (nSPS) is 21.5. The van der Waals surface area contributed by atoms with E-state index in [9.17, 15) is 4.39 Å². The molecule has 22 heavy (non-hydrogen) atoms. The standard InChI is InChI=1S/C18H21FN2O/c1-13-7-9-14(10-8-13)18-15(4-3-11-22-18)12-20-17-6-2-5-16(19)21-17/h2,5-10,15,18H,3-4,11-12H2,1H3,(H,20,21). The van der Waals surface area contributed by atoms with Gasteiger partial charge in [0, 0.05) is 19.1 Å². The minimum Gasteiger partial charge on any atom is -0.373 e. The molecule has 1 aromatic heterocycles. The van der Waals surface area contributed by atoms with Crippen molar-refractivity contribution in [3.8, 4) is 0 Å². The predicted octanol–water partition coefficient (Wildman–Crippen LogP) is 4.11. The Balaban J connectivity index is 1.68. The zero-order chi connectivity index (χ0) is 15.4. The fourth-order valence-corrected chi connectivity index (χ4v) is 2.92. The molecular formula is C18H21FN2O. The minimum absolute atomic E-state index is 0.0930. The number of rotatable bonds is 4. The number of nitrogens with zero attached hydrogens (tertiary/aromatic N) is 1. The van der Waals surface area contributed by atoms with Gasteiger partial charge in [0.15, 0.2) is 0 Å². The molecule has 1 aliphatic heterocycles. The second-order valence-corrected chi connectivity index (χ2v) is 5.83. The van der Waals surface area contributed by atoms with Crippen LogP contribution in [0.4, 0.5) is 10.2 Å². The molecule has 2 aromatic rings. The number of pyridine rings is 1. The Morgan fingerprint density at radius 1 is 1.23 bits per heavy atom. The molecule has 1 fully saturated rings. The molecule has 1 aromatic carbocycles. The number of anilines is 1. The van der Waals surface area contributed by atoms with Gasteiger partial charge in [0.2, 0.25) is 5.95 Å². The summed E-state index contributed by atoms with van der Waals surface area (Å²) >= 11 is 0. The van der Waals surface area contributed by atoms with Crippen LogP contribution in [0.1, 0.15) is 30.1 Å². The van der Waals surface area contributed by atoms with Gasteiger partial charge in [0.25, 0.3) is 0 Å². The summed E-state index contributed by atoms with van der Waals surface area (Å²) in [5.74, 6) is 0.481. The minimum atomic E-state index is -0.458. The third-order valence-corrected chi connectivity index (χ3v) is 4.11. The summed E-state index contributed by atoms with van der Waals surface area (Å²) in [6.45, 7) is 3.61. The van der Waals surface area contributed by atoms with Crippen LogP contribution in [0.5, 0.6) is 0 Å². The van der Waals surface area contributed by atoms with Gasteiger partial charge in [0.1, 0.15) is 5.82 Å². The quantitative estimate of drug-likeness (QED) is 0.863. The van der Waals surface area contributed by atoms with E-state index in [4.69, 9.17) is 4.74 Å². The van der Waals surface area contributed by atoms with E-state index in [-0.39, 0.29) is 6.10 Å². The van der Waals surface area contributed by atoms with Crippen molar-refractivity contribution in [2.75, 3.05) is 18.5 Å². The van der Waals surface area contributed by atoms with Gasteiger partial charge in [-0.3, -0.25) is 0 Å². The smallest absolute Gasteiger partial charge is 0.214 e. The number of hydrogen-bond acceptors (Lipinski definition) is 3. The van der Waals surface area contributed by atoms with E-state index < -0.39 is 5.95 Å². The predicted molar refractivity (Wildman–Crippen MR) is 85.3 cm³/mol. The van der Waals surface area contributed by atoms with E-state index in [0.717, 1.165) is 26.0 Å². The maximum Gasteiger partial charge on any atom is 0.214 e. The molecule has 0 radical (unpaired) electrons. The molecule has 3 nitrogen and oxygen atoms in total. The molecule has 1 aliphatic rings. The van der Waals surface area contributed by atoms with Gasteiger partial charge in [0.05, 0.1) is 6.10 Å². The summed E-state index contributed by atoms with van der Waals surface area (Å²) in [6.07, 6.45) is 2.25. The molecule has 1 saturated heterocycles. The summed E-state index contributed by atoms with van der Waals surface area (Å²) in [5.41, 5.74) is 2.46. The first-order chi connectivity index (χ1) is 10.7. The van der Waals surface area contributed by atoms with E-state index in [2.05, 4.69) is 41.5 Å². The zero-order valence-corrected chi connectivity index (χ0v) is 12.8. The third kappa shape index (κ3) is 3.63. The van der Waals surface area contributed by atoms with Crippen LogP contribution in [0.3, 0.4) is 0 Å². The first kappa shape index (κ1) is 15.0. The van der Waals surface area contributed by atoms with Gasteiger partial charge in [-0.15, -0.1) is 0 Å². The Hall–Kier alpha value is -1.94. The number of aromatic nitrogens is 1. The molecule has 2 unspecified atom stereocenters. The lowest BCUT2D eigenvalue weighted by Gasteiger charge is -2.32. The van der Waals surface area contributed by atoms with E-state index in [1.165, 1.54) is 17.2 Å². The van der Waals surface area contributed by atoms with Crippen molar-refractivity contribution in [1.29, 1.82) is 0 Å². The highest BCUT2D eigenvalue weighted by atomic mass is 19.1. The first-order valence-electron chi connectivity index (χ1n) is 7.77. The number of halogens is 1. The Bertz CT molecular complexity index is 615. The molecule has 1 N–H and O–H groups in total. The molecule has 0 amide bonds. The average molecular weight is 300 g/mol. The van der Waals surface area contributed by atoms with Crippen molar-refractivity contribution in [3.05, 3.63) is 59.5 Å². The van der Waals surface area contributed by atoms with Crippen LogP contribution in [0, 0.1) is 18.8 Å². The number of ether oxygens (including phenoxy) is 1. The summed E-state index contributed by atoms with van der Waals surface area (Å²) in [7, 11) is 0. The molecule has 3 rings (SSSR count). The molecule has 2 atom stereocenters. The van der Waals surface area contributed by atoms with E-state index in [0.29, 0.717) is 11.7 Å². The molecule has 0 bridgehead atoms. The Labute approximate surface area is 130 Å². The molecule has 2 heterocycles. The second kappa shape index (κ2) is 6.88. The summed E-state index contributed by atoms with van der Waals surface area (Å²) < 4.78 is 19.1. The fraction of sp³-hybridized carbons (Fsp3) is 0.389.